The minimum atomic E-state index is -1.06. The first-order valence-corrected chi connectivity index (χ1v) is 7.89. The predicted octanol–water partition coefficient (Wildman–Crippen LogP) is 3.25. The number of halogens is 2. The van der Waals surface area contributed by atoms with Gasteiger partial charge in [-0.2, -0.15) is 5.10 Å². The molecule has 122 valence electrons. The molecule has 1 aliphatic rings. The molecule has 1 saturated heterocycles. The molecule has 3 rings (SSSR count). The molecule has 1 amide bonds. The minimum absolute atomic E-state index is 0.0307. The van der Waals surface area contributed by atoms with E-state index in [9.17, 15) is 13.6 Å². The number of likely N-dealkylation sites (tertiary alicyclic amines) is 1. The van der Waals surface area contributed by atoms with Crippen LogP contribution < -0.4 is 0 Å². The van der Waals surface area contributed by atoms with E-state index in [1.807, 2.05) is 16.9 Å². The Balaban J connectivity index is 1.75. The second kappa shape index (κ2) is 6.89. The number of aryl methyl sites for hydroxylation is 1. The largest absolute Gasteiger partial charge is 0.336 e. The fraction of sp³-hybridized carbons (Fsp3) is 0.412. The highest BCUT2D eigenvalue weighted by atomic mass is 19.2. The van der Waals surface area contributed by atoms with Crippen molar-refractivity contribution in [1.29, 1.82) is 0 Å². The van der Waals surface area contributed by atoms with E-state index in [1.54, 1.807) is 11.1 Å². The molecule has 4 nitrogen and oxygen atoms in total. The number of benzene rings is 1. The molecular formula is C17H19F2N3O. The lowest BCUT2D eigenvalue weighted by Crippen LogP contribution is -2.44. The zero-order valence-corrected chi connectivity index (χ0v) is 12.8. The lowest BCUT2D eigenvalue weighted by Gasteiger charge is -2.36. The zero-order valence-electron chi connectivity index (χ0n) is 12.8. The molecule has 1 atom stereocenters. The average molecular weight is 319 g/mol. The van der Waals surface area contributed by atoms with Gasteiger partial charge in [0.05, 0.1) is 5.56 Å². The fourth-order valence-corrected chi connectivity index (χ4v) is 3.11. The van der Waals surface area contributed by atoms with Crippen LogP contribution in [0.3, 0.4) is 0 Å². The van der Waals surface area contributed by atoms with Crippen LogP contribution in [0.5, 0.6) is 0 Å². The van der Waals surface area contributed by atoms with Gasteiger partial charge in [-0.25, -0.2) is 8.78 Å². The Morgan fingerprint density at radius 3 is 2.91 bits per heavy atom. The topological polar surface area (TPSA) is 38.1 Å². The van der Waals surface area contributed by atoms with Crippen LogP contribution in [0.2, 0.25) is 0 Å². The quantitative estimate of drug-likeness (QED) is 0.867. The van der Waals surface area contributed by atoms with Crippen molar-refractivity contribution in [3.63, 3.8) is 0 Å². The van der Waals surface area contributed by atoms with Crippen molar-refractivity contribution in [1.82, 2.24) is 14.7 Å². The van der Waals surface area contributed by atoms with Crippen molar-refractivity contribution in [3.05, 3.63) is 53.9 Å². The van der Waals surface area contributed by atoms with Crippen molar-refractivity contribution in [2.45, 2.75) is 38.3 Å². The van der Waals surface area contributed by atoms with Gasteiger partial charge in [0.25, 0.3) is 5.91 Å². The Labute approximate surface area is 133 Å². The number of piperidine rings is 1. The number of aromatic nitrogens is 2. The van der Waals surface area contributed by atoms with Crippen molar-refractivity contribution in [3.8, 4) is 0 Å². The number of nitrogens with zero attached hydrogens (tertiary/aromatic N) is 3. The molecule has 1 fully saturated rings. The molecule has 0 saturated carbocycles. The first-order valence-electron chi connectivity index (χ1n) is 7.89. The van der Waals surface area contributed by atoms with E-state index in [0.29, 0.717) is 13.1 Å². The number of hydrogen-bond donors (Lipinski definition) is 0. The van der Waals surface area contributed by atoms with E-state index in [0.717, 1.165) is 31.7 Å². The third-order valence-electron chi connectivity index (χ3n) is 4.32. The Hall–Kier alpha value is -2.24. The van der Waals surface area contributed by atoms with Gasteiger partial charge in [0.15, 0.2) is 11.6 Å². The number of rotatable bonds is 4. The van der Waals surface area contributed by atoms with Crippen molar-refractivity contribution >= 4 is 5.91 Å². The molecule has 1 unspecified atom stereocenters. The molecule has 2 heterocycles. The average Bonchev–Trinajstić information content (AvgIpc) is 3.09. The van der Waals surface area contributed by atoms with Gasteiger partial charge in [0, 0.05) is 31.5 Å². The molecular weight excluding hydrogens is 300 g/mol. The first-order chi connectivity index (χ1) is 11.2. The molecule has 6 heteroatoms. The summed E-state index contributed by atoms with van der Waals surface area (Å²) in [5.41, 5.74) is -0.184. The van der Waals surface area contributed by atoms with Crippen LogP contribution in [-0.4, -0.2) is 33.2 Å². The fourth-order valence-electron chi connectivity index (χ4n) is 3.11. The summed E-state index contributed by atoms with van der Waals surface area (Å²) in [6.45, 7) is 1.28. The summed E-state index contributed by atoms with van der Waals surface area (Å²) in [5, 5.41) is 4.16. The van der Waals surface area contributed by atoms with Crippen LogP contribution in [0.4, 0.5) is 8.78 Å². The third kappa shape index (κ3) is 3.41. The molecule has 0 N–H and O–H groups in total. The monoisotopic (exact) mass is 319 g/mol. The summed E-state index contributed by atoms with van der Waals surface area (Å²) in [7, 11) is 0. The van der Waals surface area contributed by atoms with Crippen LogP contribution in [0.15, 0.2) is 36.7 Å². The molecule has 0 aliphatic carbocycles. The van der Waals surface area contributed by atoms with E-state index in [4.69, 9.17) is 0 Å². The van der Waals surface area contributed by atoms with Gasteiger partial charge in [0.2, 0.25) is 0 Å². The standard InChI is InChI=1S/C17H19F2N3O/c18-15-7-3-6-14(16(15)19)17(23)22-11-2-1-5-13(22)8-12-21-10-4-9-20-21/h3-4,6-7,9-10,13H,1-2,5,8,11-12H2. The van der Waals surface area contributed by atoms with Crippen molar-refractivity contribution in [2.24, 2.45) is 0 Å². The van der Waals surface area contributed by atoms with Gasteiger partial charge < -0.3 is 4.90 Å². The number of carbonyl (C=O) groups excluding carboxylic acids is 1. The lowest BCUT2D eigenvalue weighted by atomic mass is 9.98. The van der Waals surface area contributed by atoms with Gasteiger partial charge in [-0.05, 0) is 43.9 Å². The van der Waals surface area contributed by atoms with Crippen molar-refractivity contribution < 1.29 is 13.6 Å². The summed E-state index contributed by atoms with van der Waals surface area (Å²) in [4.78, 5) is 14.3. The van der Waals surface area contributed by atoms with Gasteiger partial charge in [0.1, 0.15) is 0 Å². The highest BCUT2D eigenvalue weighted by Gasteiger charge is 2.29. The molecule has 0 radical (unpaired) electrons. The van der Waals surface area contributed by atoms with Gasteiger partial charge in [-0.3, -0.25) is 9.48 Å². The Morgan fingerprint density at radius 2 is 2.13 bits per heavy atom. The Kier molecular flexibility index (Phi) is 4.69. The maximum atomic E-state index is 13.9. The highest BCUT2D eigenvalue weighted by Crippen LogP contribution is 2.24. The molecule has 2 aromatic rings. The van der Waals surface area contributed by atoms with Crippen LogP contribution in [0, 0.1) is 11.6 Å². The first kappa shape index (κ1) is 15.6. The summed E-state index contributed by atoms with van der Waals surface area (Å²) >= 11 is 0. The maximum Gasteiger partial charge on any atom is 0.257 e. The second-order valence-electron chi connectivity index (χ2n) is 5.81. The van der Waals surface area contributed by atoms with Gasteiger partial charge in [-0.1, -0.05) is 6.07 Å². The SMILES string of the molecule is O=C(c1cccc(F)c1F)N1CCCCC1CCn1cccn1. The Morgan fingerprint density at radius 1 is 1.26 bits per heavy atom. The van der Waals surface area contributed by atoms with Crippen LogP contribution >= 0.6 is 0 Å². The van der Waals surface area contributed by atoms with E-state index >= 15 is 0 Å². The molecule has 1 aromatic carbocycles. The molecule has 0 bridgehead atoms. The van der Waals surface area contributed by atoms with Crippen LogP contribution in [-0.2, 0) is 6.54 Å². The third-order valence-corrected chi connectivity index (χ3v) is 4.32. The summed E-state index contributed by atoms with van der Waals surface area (Å²) in [6.07, 6.45) is 7.15. The number of amides is 1. The molecule has 23 heavy (non-hydrogen) atoms. The van der Waals surface area contributed by atoms with E-state index in [2.05, 4.69) is 5.10 Å². The van der Waals surface area contributed by atoms with Crippen LogP contribution in [0.1, 0.15) is 36.0 Å². The van der Waals surface area contributed by atoms with E-state index in [1.165, 1.54) is 12.1 Å². The Bertz CT molecular complexity index is 672. The maximum absolute atomic E-state index is 13.9. The van der Waals surface area contributed by atoms with Crippen LogP contribution in [0.25, 0.3) is 0 Å². The summed E-state index contributed by atoms with van der Waals surface area (Å²) in [5.74, 6) is -2.47. The van der Waals surface area contributed by atoms with E-state index < -0.39 is 17.5 Å². The predicted molar refractivity (Wildman–Crippen MR) is 81.9 cm³/mol. The zero-order chi connectivity index (χ0) is 16.2. The minimum Gasteiger partial charge on any atom is -0.336 e. The smallest absolute Gasteiger partial charge is 0.257 e. The molecule has 0 spiro atoms. The van der Waals surface area contributed by atoms with E-state index in [-0.39, 0.29) is 11.6 Å². The molecule has 1 aromatic heterocycles. The number of hydrogen-bond acceptors (Lipinski definition) is 2. The van der Waals surface area contributed by atoms with Gasteiger partial charge in [-0.15, -0.1) is 0 Å². The molecule has 1 aliphatic heterocycles. The van der Waals surface area contributed by atoms with Gasteiger partial charge >= 0.3 is 0 Å². The lowest BCUT2D eigenvalue weighted by molar-refractivity contribution is 0.0588. The van der Waals surface area contributed by atoms with Crippen molar-refractivity contribution in [2.75, 3.05) is 6.54 Å². The summed E-state index contributed by atoms with van der Waals surface area (Å²) in [6, 6.07) is 5.63. The summed E-state index contributed by atoms with van der Waals surface area (Å²) < 4.78 is 29.1. The normalized spacial score (nSPS) is 18.2. The number of carbonyl (C=O) groups is 1. The highest BCUT2D eigenvalue weighted by molar-refractivity contribution is 5.94. The second-order valence-corrected chi connectivity index (χ2v) is 5.81.